The smallest absolute Gasteiger partial charge is 0.315 e. The van der Waals surface area contributed by atoms with Gasteiger partial charge in [-0.05, 0) is 42.2 Å². The Bertz CT molecular complexity index is 788. The molecule has 1 amide bonds. The van der Waals surface area contributed by atoms with Crippen molar-refractivity contribution in [3.8, 4) is 0 Å². The number of aliphatic carboxylic acids is 1. The number of rotatable bonds is 5. The van der Waals surface area contributed by atoms with Crippen LogP contribution < -0.4 is 5.32 Å². The molecule has 0 bridgehead atoms. The molecule has 2 aromatic carbocycles. The summed E-state index contributed by atoms with van der Waals surface area (Å²) in [7, 11) is 0. The molecular formula is C20H21NO4. The second-order valence-electron chi connectivity index (χ2n) is 6.47. The minimum atomic E-state index is -1.18. The molecule has 2 aromatic rings. The van der Waals surface area contributed by atoms with Crippen molar-refractivity contribution in [3.05, 3.63) is 70.8 Å². The van der Waals surface area contributed by atoms with Gasteiger partial charge in [-0.1, -0.05) is 36.4 Å². The quantitative estimate of drug-likeness (QED) is 0.878. The molecule has 1 aliphatic heterocycles. The Morgan fingerprint density at radius 3 is 2.64 bits per heavy atom. The molecule has 130 valence electrons. The largest absolute Gasteiger partial charge is 0.481 e. The summed E-state index contributed by atoms with van der Waals surface area (Å²) in [4.78, 5) is 24.3. The van der Waals surface area contributed by atoms with Gasteiger partial charge in [0.2, 0.25) is 0 Å². The zero-order chi connectivity index (χ0) is 17.9. The van der Waals surface area contributed by atoms with Crippen LogP contribution in [0.15, 0.2) is 48.5 Å². The summed E-state index contributed by atoms with van der Waals surface area (Å²) in [6, 6.07) is 14.5. The highest BCUT2D eigenvalue weighted by molar-refractivity contribution is 5.95. The van der Waals surface area contributed by atoms with Crippen LogP contribution in [-0.2, 0) is 28.0 Å². The Morgan fingerprint density at radius 2 is 1.92 bits per heavy atom. The van der Waals surface area contributed by atoms with Gasteiger partial charge in [-0.3, -0.25) is 9.59 Å². The van der Waals surface area contributed by atoms with Crippen LogP contribution >= 0.6 is 0 Å². The van der Waals surface area contributed by atoms with E-state index in [9.17, 15) is 14.7 Å². The van der Waals surface area contributed by atoms with E-state index in [0.717, 1.165) is 17.5 Å². The molecule has 5 nitrogen and oxygen atoms in total. The predicted molar refractivity (Wildman–Crippen MR) is 93.6 cm³/mol. The summed E-state index contributed by atoms with van der Waals surface area (Å²) >= 11 is 0. The number of hydrogen-bond acceptors (Lipinski definition) is 3. The first-order chi connectivity index (χ1) is 12.0. The van der Waals surface area contributed by atoms with Crippen molar-refractivity contribution in [3.63, 3.8) is 0 Å². The third kappa shape index (κ3) is 3.56. The third-order valence-electron chi connectivity index (χ3n) is 4.73. The number of benzene rings is 2. The first-order valence-electron chi connectivity index (χ1n) is 8.27. The first kappa shape index (κ1) is 17.2. The Labute approximate surface area is 146 Å². The minimum Gasteiger partial charge on any atom is -0.481 e. The summed E-state index contributed by atoms with van der Waals surface area (Å²) in [6.07, 6.45) is 0.785. The summed E-state index contributed by atoms with van der Waals surface area (Å²) < 4.78 is 5.40. The highest BCUT2D eigenvalue weighted by atomic mass is 16.5. The Morgan fingerprint density at radius 1 is 1.16 bits per heavy atom. The Kier molecular flexibility index (Phi) is 4.86. The Hall–Kier alpha value is -2.66. The van der Waals surface area contributed by atoms with Crippen LogP contribution in [0.3, 0.4) is 0 Å². The molecule has 1 heterocycles. The van der Waals surface area contributed by atoms with E-state index in [0.29, 0.717) is 24.3 Å². The molecule has 5 heteroatoms. The molecule has 3 rings (SSSR count). The van der Waals surface area contributed by atoms with Gasteiger partial charge in [0.1, 0.15) is 5.41 Å². The van der Waals surface area contributed by atoms with Gasteiger partial charge in [0.05, 0.1) is 13.2 Å². The van der Waals surface area contributed by atoms with Gasteiger partial charge < -0.3 is 15.2 Å². The van der Waals surface area contributed by atoms with E-state index >= 15 is 0 Å². The lowest BCUT2D eigenvalue weighted by atomic mass is 9.82. The number of hydrogen-bond donors (Lipinski definition) is 2. The van der Waals surface area contributed by atoms with Crippen molar-refractivity contribution >= 4 is 11.9 Å². The number of carbonyl (C=O) groups excluding carboxylic acids is 1. The average Bonchev–Trinajstić information content (AvgIpc) is 2.66. The molecule has 0 fully saturated rings. The number of fused-ring (bicyclic) bond motifs is 1. The van der Waals surface area contributed by atoms with Gasteiger partial charge in [-0.2, -0.15) is 0 Å². The average molecular weight is 339 g/mol. The maximum Gasteiger partial charge on any atom is 0.315 e. The van der Waals surface area contributed by atoms with Crippen LogP contribution in [0, 0.1) is 0 Å². The number of carboxylic acids is 1. The molecule has 1 atom stereocenters. The van der Waals surface area contributed by atoms with Gasteiger partial charge in [0.15, 0.2) is 0 Å². The van der Waals surface area contributed by atoms with Crippen molar-refractivity contribution in [2.45, 2.75) is 25.4 Å². The second kappa shape index (κ2) is 7.07. The van der Waals surface area contributed by atoms with Crippen molar-refractivity contribution in [1.29, 1.82) is 0 Å². The van der Waals surface area contributed by atoms with Crippen molar-refractivity contribution < 1.29 is 19.4 Å². The molecule has 0 aromatic heterocycles. The van der Waals surface area contributed by atoms with Gasteiger partial charge in [0.25, 0.3) is 5.91 Å². The molecule has 0 radical (unpaired) electrons. The van der Waals surface area contributed by atoms with E-state index in [4.69, 9.17) is 4.74 Å². The van der Waals surface area contributed by atoms with Gasteiger partial charge in [-0.15, -0.1) is 0 Å². The van der Waals surface area contributed by atoms with E-state index in [1.165, 1.54) is 0 Å². The van der Waals surface area contributed by atoms with Crippen LogP contribution in [0.2, 0.25) is 0 Å². The lowest BCUT2D eigenvalue weighted by molar-refractivity contribution is -0.142. The topological polar surface area (TPSA) is 75.6 Å². The van der Waals surface area contributed by atoms with Crippen LogP contribution in [0.5, 0.6) is 0 Å². The van der Waals surface area contributed by atoms with E-state index in [1.54, 1.807) is 37.3 Å². The van der Waals surface area contributed by atoms with Crippen LogP contribution in [0.1, 0.15) is 34.0 Å². The molecular weight excluding hydrogens is 318 g/mol. The van der Waals surface area contributed by atoms with Crippen LogP contribution in [0.25, 0.3) is 0 Å². The molecule has 0 spiro atoms. The third-order valence-corrected chi connectivity index (χ3v) is 4.73. The minimum absolute atomic E-state index is 0.0192. The molecule has 1 aliphatic rings. The van der Waals surface area contributed by atoms with E-state index in [-0.39, 0.29) is 12.5 Å². The summed E-state index contributed by atoms with van der Waals surface area (Å²) in [5, 5.41) is 12.4. The van der Waals surface area contributed by atoms with E-state index in [2.05, 4.69) is 5.32 Å². The zero-order valence-electron chi connectivity index (χ0n) is 14.1. The number of nitrogens with one attached hydrogen (secondary N) is 1. The van der Waals surface area contributed by atoms with Crippen LogP contribution in [0.4, 0.5) is 0 Å². The SMILES string of the molecule is CC(CNC(=O)c1ccc2c(c1)CCOC2)(C(=O)O)c1ccccc1. The second-order valence-corrected chi connectivity index (χ2v) is 6.47. The van der Waals surface area contributed by atoms with Gasteiger partial charge in [-0.25, -0.2) is 0 Å². The molecule has 0 saturated carbocycles. The molecule has 25 heavy (non-hydrogen) atoms. The predicted octanol–water partition coefficient (Wildman–Crippen LogP) is 2.53. The number of carbonyl (C=O) groups is 2. The highest BCUT2D eigenvalue weighted by Crippen LogP contribution is 2.24. The summed E-state index contributed by atoms with van der Waals surface area (Å²) in [6.45, 7) is 2.87. The van der Waals surface area contributed by atoms with E-state index < -0.39 is 11.4 Å². The van der Waals surface area contributed by atoms with E-state index in [1.807, 2.05) is 18.2 Å². The monoisotopic (exact) mass is 339 g/mol. The maximum atomic E-state index is 12.5. The normalized spacial score (nSPS) is 15.7. The fraction of sp³-hybridized carbons (Fsp3) is 0.300. The molecule has 0 saturated heterocycles. The maximum absolute atomic E-state index is 12.5. The fourth-order valence-electron chi connectivity index (χ4n) is 2.97. The van der Waals surface area contributed by atoms with Crippen molar-refractivity contribution in [2.24, 2.45) is 0 Å². The first-order valence-corrected chi connectivity index (χ1v) is 8.27. The lowest BCUT2D eigenvalue weighted by Gasteiger charge is -2.26. The zero-order valence-corrected chi connectivity index (χ0v) is 14.1. The summed E-state index contributed by atoms with van der Waals surface area (Å²) in [5.74, 6) is -1.24. The van der Waals surface area contributed by atoms with Crippen molar-refractivity contribution in [2.75, 3.05) is 13.2 Å². The lowest BCUT2D eigenvalue weighted by Crippen LogP contribution is -2.44. The van der Waals surface area contributed by atoms with Gasteiger partial charge in [0, 0.05) is 12.1 Å². The Balaban J connectivity index is 1.75. The molecule has 1 unspecified atom stereocenters. The number of amides is 1. The summed E-state index contributed by atoms with van der Waals surface area (Å²) in [5.41, 5.74) is 2.23. The number of ether oxygens (including phenoxy) is 1. The molecule has 2 N–H and O–H groups in total. The highest BCUT2D eigenvalue weighted by Gasteiger charge is 2.35. The standard InChI is InChI=1S/C20H21NO4/c1-20(19(23)24,17-5-3-2-4-6-17)13-21-18(22)15-7-8-16-12-25-10-9-14(16)11-15/h2-8,11H,9-10,12-13H2,1H3,(H,21,22)(H,23,24). The number of carboxylic acid groups (broad SMARTS) is 1. The van der Waals surface area contributed by atoms with Gasteiger partial charge >= 0.3 is 5.97 Å². The van der Waals surface area contributed by atoms with Crippen molar-refractivity contribution in [1.82, 2.24) is 5.32 Å². The van der Waals surface area contributed by atoms with Crippen LogP contribution in [-0.4, -0.2) is 30.1 Å². The molecule has 0 aliphatic carbocycles. The fourth-order valence-corrected chi connectivity index (χ4v) is 2.97.